The van der Waals surface area contributed by atoms with Crippen LogP contribution in [0.3, 0.4) is 0 Å². The molecule has 5 heteroatoms. The summed E-state index contributed by atoms with van der Waals surface area (Å²) in [7, 11) is 1.89. The molecule has 1 atom stereocenters. The van der Waals surface area contributed by atoms with Gasteiger partial charge in [-0.15, -0.1) is 0 Å². The van der Waals surface area contributed by atoms with Gasteiger partial charge in [0, 0.05) is 62.9 Å². The smallest absolute Gasteiger partial charge is 0.254 e. The molecule has 3 rings (SSSR count). The number of amides is 1. The molecule has 1 fully saturated rings. The van der Waals surface area contributed by atoms with E-state index >= 15 is 0 Å². The van der Waals surface area contributed by atoms with Gasteiger partial charge in [0.25, 0.3) is 5.91 Å². The summed E-state index contributed by atoms with van der Waals surface area (Å²) >= 11 is 0. The Kier molecular flexibility index (Phi) is 6.91. The molecule has 0 radical (unpaired) electrons. The van der Waals surface area contributed by atoms with Crippen molar-refractivity contribution >= 4 is 11.6 Å². The van der Waals surface area contributed by atoms with Crippen LogP contribution in [0.25, 0.3) is 0 Å². The fourth-order valence-electron chi connectivity index (χ4n) is 4.25. The minimum absolute atomic E-state index is 0.0000116. The molecular weight excluding hydrogens is 360 g/mol. The van der Waals surface area contributed by atoms with Crippen LogP contribution in [0.2, 0.25) is 0 Å². The zero-order valence-electron chi connectivity index (χ0n) is 18.4. The third kappa shape index (κ3) is 4.96. The summed E-state index contributed by atoms with van der Waals surface area (Å²) in [5, 5.41) is 0. The molecule has 2 aromatic rings. The van der Waals surface area contributed by atoms with Crippen molar-refractivity contribution < 1.29 is 4.79 Å². The van der Waals surface area contributed by atoms with Gasteiger partial charge in [0.2, 0.25) is 0 Å². The van der Waals surface area contributed by atoms with Crippen molar-refractivity contribution in [2.24, 2.45) is 5.92 Å². The number of hydrogen-bond donors (Lipinski definition) is 0. The maximum Gasteiger partial charge on any atom is 0.254 e. The van der Waals surface area contributed by atoms with Crippen LogP contribution in [-0.2, 0) is 0 Å². The first-order chi connectivity index (χ1) is 13.9. The van der Waals surface area contributed by atoms with Crippen LogP contribution in [0.4, 0.5) is 5.69 Å². The number of benzene rings is 1. The van der Waals surface area contributed by atoms with E-state index in [1.807, 2.05) is 42.4 Å². The van der Waals surface area contributed by atoms with E-state index in [-0.39, 0.29) is 11.9 Å². The third-order valence-corrected chi connectivity index (χ3v) is 5.92. The molecule has 1 amide bonds. The maximum atomic E-state index is 13.2. The number of anilines is 1. The molecule has 0 bridgehead atoms. The summed E-state index contributed by atoms with van der Waals surface area (Å²) < 4.78 is 0. The lowest BCUT2D eigenvalue weighted by Crippen LogP contribution is -2.48. The van der Waals surface area contributed by atoms with Crippen molar-refractivity contribution in [3.05, 3.63) is 59.9 Å². The molecule has 5 nitrogen and oxygen atoms in total. The first kappa shape index (κ1) is 21.3. The predicted molar refractivity (Wildman–Crippen MR) is 119 cm³/mol. The second-order valence-corrected chi connectivity index (χ2v) is 8.55. The third-order valence-electron chi connectivity index (χ3n) is 5.92. The molecule has 1 aliphatic heterocycles. The van der Waals surface area contributed by atoms with Gasteiger partial charge in [-0.3, -0.25) is 14.7 Å². The number of carbonyl (C=O) groups excluding carboxylic acids is 1. The molecule has 1 aromatic heterocycles. The maximum absolute atomic E-state index is 13.2. The van der Waals surface area contributed by atoms with Gasteiger partial charge < -0.3 is 9.80 Å². The highest BCUT2D eigenvalue weighted by Gasteiger charge is 2.26. The lowest BCUT2D eigenvalue weighted by atomic mass is 9.95. The first-order valence-electron chi connectivity index (χ1n) is 10.6. The first-order valence-corrected chi connectivity index (χ1v) is 10.6. The number of carbonyl (C=O) groups is 1. The van der Waals surface area contributed by atoms with Crippen molar-refractivity contribution in [1.29, 1.82) is 0 Å². The highest BCUT2D eigenvalue weighted by Crippen LogP contribution is 2.28. The summed E-state index contributed by atoms with van der Waals surface area (Å²) in [6.45, 7) is 13.0. The van der Waals surface area contributed by atoms with E-state index in [2.05, 4.69) is 54.6 Å². The average Bonchev–Trinajstić information content (AvgIpc) is 2.74. The number of rotatable bonds is 6. The minimum atomic E-state index is -0.0000116. The lowest BCUT2D eigenvalue weighted by molar-refractivity contribution is 0.0687. The predicted octanol–water partition coefficient (Wildman–Crippen LogP) is 4.08. The molecule has 0 N–H and O–H groups in total. The van der Waals surface area contributed by atoms with E-state index in [0.717, 1.165) is 37.3 Å². The topological polar surface area (TPSA) is 39.7 Å². The van der Waals surface area contributed by atoms with Crippen molar-refractivity contribution in [3.8, 4) is 0 Å². The van der Waals surface area contributed by atoms with Gasteiger partial charge in [-0.1, -0.05) is 19.9 Å². The second kappa shape index (κ2) is 9.40. The van der Waals surface area contributed by atoms with Crippen LogP contribution in [-0.4, -0.2) is 60.0 Å². The Morgan fingerprint density at radius 2 is 1.66 bits per heavy atom. The van der Waals surface area contributed by atoms with Crippen molar-refractivity contribution in [2.45, 2.75) is 39.8 Å². The quantitative estimate of drug-likeness (QED) is 0.740. The summed E-state index contributed by atoms with van der Waals surface area (Å²) in [4.78, 5) is 24.1. The van der Waals surface area contributed by atoms with Crippen LogP contribution in [0.5, 0.6) is 0 Å². The van der Waals surface area contributed by atoms with E-state index in [0.29, 0.717) is 12.0 Å². The van der Waals surface area contributed by atoms with E-state index in [1.165, 1.54) is 5.69 Å². The van der Waals surface area contributed by atoms with Gasteiger partial charge in [0.1, 0.15) is 0 Å². The fourth-order valence-corrected chi connectivity index (χ4v) is 4.25. The molecule has 0 saturated carbocycles. The van der Waals surface area contributed by atoms with Gasteiger partial charge in [0.15, 0.2) is 0 Å². The van der Waals surface area contributed by atoms with Gasteiger partial charge in [-0.05, 0) is 55.7 Å². The Balaban J connectivity index is 1.70. The number of pyridine rings is 1. The molecule has 1 aliphatic rings. The molecule has 1 aromatic carbocycles. The highest BCUT2D eigenvalue weighted by molar-refractivity contribution is 5.94. The minimum Gasteiger partial charge on any atom is -0.369 e. The molecular formula is C24H34N4O. The van der Waals surface area contributed by atoms with Gasteiger partial charge in [0.05, 0.1) is 6.04 Å². The van der Waals surface area contributed by atoms with Crippen molar-refractivity contribution in [2.75, 3.05) is 38.1 Å². The molecule has 0 spiro atoms. The average molecular weight is 395 g/mol. The van der Waals surface area contributed by atoms with Crippen LogP contribution in [0.15, 0.2) is 48.8 Å². The van der Waals surface area contributed by atoms with E-state index < -0.39 is 0 Å². The Hall–Kier alpha value is -2.40. The molecule has 0 aliphatic carbocycles. The van der Waals surface area contributed by atoms with Crippen LogP contribution in [0.1, 0.15) is 49.7 Å². The Bertz CT molecular complexity index is 780. The van der Waals surface area contributed by atoms with Crippen molar-refractivity contribution in [1.82, 2.24) is 14.8 Å². The lowest BCUT2D eigenvalue weighted by Gasteiger charge is -2.38. The van der Waals surface area contributed by atoms with Crippen LogP contribution >= 0.6 is 0 Å². The van der Waals surface area contributed by atoms with Gasteiger partial charge in [-0.2, -0.15) is 0 Å². The molecule has 1 unspecified atom stereocenters. The molecule has 29 heavy (non-hydrogen) atoms. The van der Waals surface area contributed by atoms with E-state index in [4.69, 9.17) is 0 Å². The normalized spacial score (nSPS) is 16.3. The fraction of sp³-hybridized carbons (Fsp3) is 0.500. The summed E-state index contributed by atoms with van der Waals surface area (Å²) in [5.41, 5.74) is 2.99. The standard InChI is InChI=1S/C24H34N4O/c1-18(2)23(21-7-6-12-25-17-21)26(5)24(29)20-8-10-22(11-9-20)28-15-13-27(14-16-28)19(3)4/h6-12,17-19,23H,13-16H2,1-5H3. The molecule has 156 valence electrons. The van der Waals surface area contributed by atoms with Crippen LogP contribution < -0.4 is 4.90 Å². The summed E-state index contributed by atoms with van der Waals surface area (Å²) in [6, 6.07) is 12.7. The number of piperazine rings is 1. The zero-order chi connectivity index (χ0) is 21.0. The SMILES string of the molecule is CC(C)C(c1cccnc1)N(C)C(=O)c1ccc(N2CCN(C(C)C)CC2)cc1. The number of aromatic nitrogens is 1. The Morgan fingerprint density at radius 3 is 2.17 bits per heavy atom. The monoisotopic (exact) mass is 394 g/mol. The Morgan fingerprint density at radius 1 is 1.00 bits per heavy atom. The van der Waals surface area contributed by atoms with Gasteiger partial charge >= 0.3 is 0 Å². The molecule has 2 heterocycles. The zero-order valence-corrected chi connectivity index (χ0v) is 18.4. The van der Waals surface area contributed by atoms with E-state index in [1.54, 1.807) is 6.20 Å². The van der Waals surface area contributed by atoms with Gasteiger partial charge in [-0.25, -0.2) is 0 Å². The number of nitrogens with zero attached hydrogens (tertiary/aromatic N) is 4. The second-order valence-electron chi connectivity index (χ2n) is 8.55. The van der Waals surface area contributed by atoms with Crippen molar-refractivity contribution in [3.63, 3.8) is 0 Å². The number of hydrogen-bond acceptors (Lipinski definition) is 4. The summed E-state index contributed by atoms with van der Waals surface area (Å²) in [6.07, 6.45) is 3.62. The van der Waals surface area contributed by atoms with Crippen LogP contribution in [0, 0.1) is 5.92 Å². The summed E-state index contributed by atoms with van der Waals surface area (Å²) in [5.74, 6) is 0.341. The largest absolute Gasteiger partial charge is 0.369 e. The molecule has 1 saturated heterocycles. The van der Waals surface area contributed by atoms with E-state index in [9.17, 15) is 4.79 Å². The highest BCUT2D eigenvalue weighted by atomic mass is 16.2. The Labute approximate surface area is 175 Å².